The van der Waals surface area contributed by atoms with Crippen LogP contribution in [0.2, 0.25) is 0 Å². The van der Waals surface area contributed by atoms with Gasteiger partial charge < -0.3 is 9.84 Å². The number of alkyl halides is 3. The third kappa shape index (κ3) is 3.26. The molecule has 0 bridgehead atoms. The van der Waals surface area contributed by atoms with Crippen LogP contribution < -0.4 is 4.74 Å². The zero-order valence-electron chi connectivity index (χ0n) is 11.5. The van der Waals surface area contributed by atoms with Gasteiger partial charge >= 0.3 is 6.36 Å². The number of halogens is 3. The number of ether oxygens (including phenoxy) is 1. The summed E-state index contributed by atoms with van der Waals surface area (Å²) in [6.07, 6.45) is -1.22. The van der Waals surface area contributed by atoms with E-state index < -0.39 is 33.1 Å². The summed E-state index contributed by atoms with van der Waals surface area (Å²) in [5.41, 5.74) is 0.664. The minimum absolute atomic E-state index is 0.314. The fraction of sp³-hybridized carbons (Fsp3) is 0.308. The third-order valence-corrected chi connectivity index (χ3v) is 5.32. The Morgan fingerprint density at radius 1 is 1.26 bits per heavy atom. The van der Waals surface area contributed by atoms with E-state index >= 15 is 0 Å². The minimum Gasteiger partial charge on any atom is -0.504 e. The number of aromatic hydroxyl groups is 1. The molecule has 0 radical (unpaired) electrons. The van der Waals surface area contributed by atoms with Gasteiger partial charge in [-0.3, -0.25) is 0 Å². The highest BCUT2D eigenvalue weighted by molar-refractivity contribution is 7.90. The SMILES string of the molecule is O=S(=O)(C1CC1)n1cc(-c2ccc(OC(F)(F)F)c(O)c2)cn1. The van der Waals surface area contributed by atoms with E-state index in [1.807, 2.05) is 0 Å². The van der Waals surface area contributed by atoms with Crippen molar-refractivity contribution in [2.24, 2.45) is 0 Å². The van der Waals surface area contributed by atoms with Crippen LogP contribution in [0.5, 0.6) is 11.5 Å². The molecule has 0 unspecified atom stereocenters. The van der Waals surface area contributed by atoms with E-state index in [0.717, 1.165) is 16.2 Å². The Balaban J connectivity index is 1.88. The third-order valence-electron chi connectivity index (χ3n) is 3.28. The van der Waals surface area contributed by atoms with Gasteiger partial charge in [-0.25, -0.2) is 8.42 Å². The molecule has 1 heterocycles. The molecule has 0 atom stereocenters. The van der Waals surface area contributed by atoms with Gasteiger partial charge in [-0.2, -0.15) is 9.19 Å². The Bertz CT molecular complexity index is 841. The first kappa shape index (κ1) is 15.7. The van der Waals surface area contributed by atoms with E-state index in [1.165, 1.54) is 18.5 Å². The zero-order valence-corrected chi connectivity index (χ0v) is 12.3. The van der Waals surface area contributed by atoms with E-state index in [1.54, 1.807) is 0 Å². The molecule has 0 aliphatic heterocycles. The number of phenols is 1. The highest BCUT2D eigenvalue weighted by Gasteiger charge is 2.37. The quantitative estimate of drug-likeness (QED) is 0.918. The van der Waals surface area contributed by atoms with E-state index in [0.29, 0.717) is 24.0 Å². The Hall–Kier alpha value is -2.23. The molecular formula is C13H11F3N2O4S. The van der Waals surface area contributed by atoms with E-state index in [4.69, 9.17) is 0 Å². The molecule has 6 nitrogen and oxygen atoms in total. The van der Waals surface area contributed by atoms with E-state index in [-0.39, 0.29) is 0 Å². The van der Waals surface area contributed by atoms with Crippen molar-refractivity contribution >= 4 is 10.0 Å². The smallest absolute Gasteiger partial charge is 0.504 e. The molecule has 124 valence electrons. The van der Waals surface area contributed by atoms with Crippen LogP contribution in [-0.2, 0) is 10.0 Å². The van der Waals surface area contributed by atoms with Gasteiger partial charge in [0.15, 0.2) is 11.5 Å². The first-order valence-corrected chi connectivity index (χ1v) is 8.05. The highest BCUT2D eigenvalue weighted by atomic mass is 32.2. The molecule has 1 fully saturated rings. The molecule has 1 N–H and O–H groups in total. The number of aromatic nitrogens is 2. The maximum Gasteiger partial charge on any atom is 0.573 e. The lowest BCUT2D eigenvalue weighted by atomic mass is 10.1. The number of phenolic OH excluding ortho intramolecular Hbond substituents is 1. The molecular weight excluding hydrogens is 337 g/mol. The standard InChI is InChI=1S/C13H11F3N2O4S/c14-13(15,16)22-12-4-1-8(5-11(12)19)9-6-17-18(7-9)23(20,21)10-2-3-10/h1,4-7,10,19H,2-3H2. The molecule has 1 saturated carbocycles. The van der Waals surface area contributed by atoms with E-state index in [2.05, 4.69) is 9.84 Å². The van der Waals surface area contributed by atoms with Gasteiger partial charge in [0, 0.05) is 5.56 Å². The average Bonchev–Trinajstić information content (AvgIpc) is 3.18. The molecule has 10 heteroatoms. The normalized spacial score (nSPS) is 15.6. The summed E-state index contributed by atoms with van der Waals surface area (Å²) < 4.78 is 65.0. The van der Waals surface area contributed by atoms with Crippen molar-refractivity contribution in [1.29, 1.82) is 0 Å². The molecule has 3 rings (SSSR count). The van der Waals surface area contributed by atoms with Crippen LogP contribution in [0, 0.1) is 0 Å². The van der Waals surface area contributed by atoms with Crippen molar-refractivity contribution < 1.29 is 31.4 Å². The summed E-state index contributed by atoms with van der Waals surface area (Å²) in [6.45, 7) is 0. The van der Waals surface area contributed by atoms with Gasteiger partial charge in [0.2, 0.25) is 0 Å². The lowest BCUT2D eigenvalue weighted by Gasteiger charge is -2.10. The highest BCUT2D eigenvalue weighted by Crippen LogP contribution is 2.35. The van der Waals surface area contributed by atoms with Crippen LogP contribution >= 0.6 is 0 Å². The molecule has 23 heavy (non-hydrogen) atoms. The second-order valence-corrected chi connectivity index (χ2v) is 7.15. The second kappa shape index (κ2) is 5.15. The summed E-state index contributed by atoms with van der Waals surface area (Å²) in [4.78, 5) is 0. The lowest BCUT2D eigenvalue weighted by molar-refractivity contribution is -0.275. The Kier molecular flexibility index (Phi) is 3.51. The molecule has 1 aliphatic rings. The van der Waals surface area contributed by atoms with Crippen molar-refractivity contribution in [3.63, 3.8) is 0 Å². The summed E-state index contributed by atoms with van der Waals surface area (Å²) in [6, 6.07) is 3.27. The number of benzene rings is 1. The van der Waals surface area contributed by atoms with Crippen molar-refractivity contribution in [2.75, 3.05) is 0 Å². The summed E-state index contributed by atoms with van der Waals surface area (Å²) in [5.74, 6) is -1.45. The van der Waals surface area contributed by atoms with Gasteiger partial charge in [0.25, 0.3) is 10.0 Å². The maximum atomic E-state index is 12.1. The number of rotatable bonds is 4. The van der Waals surface area contributed by atoms with Crippen LogP contribution in [0.3, 0.4) is 0 Å². The van der Waals surface area contributed by atoms with Crippen LogP contribution in [-0.4, -0.2) is 34.3 Å². The Morgan fingerprint density at radius 3 is 2.52 bits per heavy atom. The summed E-state index contributed by atoms with van der Waals surface area (Å²) in [5, 5.41) is 12.9. The van der Waals surface area contributed by atoms with Crippen LogP contribution in [0.4, 0.5) is 13.2 Å². The van der Waals surface area contributed by atoms with Crippen LogP contribution in [0.15, 0.2) is 30.6 Å². The molecule has 1 aromatic carbocycles. The molecule has 0 spiro atoms. The van der Waals surface area contributed by atoms with Crippen molar-refractivity contribution in [2.45, 2.75) is 24.5 Å². The first-order chi connectivity index (χ1) is 10.7. The fourth-order valence-electron chi connectivity index (χ4n) is 2.02. The summed E-state index contributed by atoms with van der Waals surface area (Å²) >= 11 is 0. The van der Waals surface area contributed by atoms with Gasteiger partial charge in [0.05, 0.1) is 17.6 Å². The van der Waals surface area contributed by atoms with Gasteiger partial charge in [0.1, 0.15) is 0 Å². The number of hydrogen-bond donors (Lipinski definition) is 1. The van der Waals surface area contributed by atoms with Gasteiger partial charge in [-0.1, -0.05) is 6.07 Å². The second-order valence-electron chi connectivity index (χ2n) is 5.08. The van der Waals surface area contributed by atoms with Crippen LogP contribution in [0.25, 0.3) is 11.1 Å². The molecule has 1 aromatic heterocycles. The van der Waals surface area contributed by atoms with Crippen LogP contribution in [0.1, 0.15) is 12.8 Å². The van der Waals surface area contributed by atoms with E-state index in [9.17, 15) is 26.7 Å². The predicted octanol–water partition coefficient (Wildman–Crippen LogP) is 2.49. The first-order valence-electron chi connectivity index (χ1n) is 6.55. The Labute approximate surface area is 129 Å². The predicted molar refractivity (Wildman–Crippen MR) is 73.4 cm³/mol. The molecule has 2 aromatic rings. The maximum absolute atomic E-state index is 12.1. The molecule has 0 saturated heterocycles. The van der Waals surface area contributed by atoms with Gasteiger partial charge in [-0.15, -0.1) is 13.2 Å². The van der Waals surface area contributed by atoms with Crippen molar-refractivity contribution in [3.8, 4) is 22.6 Å². The van der Waals surface area contributed by atoms with Crippen molar-refractivity contribution in [1.82, 2.24) is 9.19 Å². The zero-order chi connectivity index (χ0) is 16.8. The average molecular weight is 348 g/mol. The number of nitrogens with zero attached hydrogens (tertiary/aromatic N) is 2. The topological polar surface area (TPSA) is 81.4 Å². The Morgan fingerprint density at radius 2 is 1.96 bits per heavy atom. The minimum atomic E-state index is -4.91. The van der Waals surface area contributed by atoms with Gasteiger partial charge in [-0.05, 0) is 30.5 Å². The largest absolute Gasteiger partial charge is 0.573 e. The fourth-order valence-corrected chi connectivity index (χ4v) is 3.50. The number of hydrogen-bond acceptors (Lipinski definition) is 5. The molecule has 0 amide bonds. The lowest BCUT2D eigenvalue weighted by Crippen LogP contribution is -2.17. The van der Waals surface area contributed by atoms with Crippen molar-refractivity contribution in [3.05, 3.63) is 30.6 Å². The molecule has 1 aliphatic carbocycles. The monoisotopic (exact) mass is 348 g/mol. The summed E-state index contributed by atoms with van der Waals surface area (Å²) in [7, 11) is -3.53.